The highest BCUT2D eigenvalue weighted by Gasteiger charge is 2.34. The lowest BCUT2D eigenvalue weighted by molar-refractivity contribution is -0.141. The SMILES string of the molecule is O=C(O)CNc1nc(Nc2ccc(C(F)(F)F)cc2)cc(C(F)(F)F)n1. The molecule has 2 aromatic rings. The van der Waals surface area contributed by atoms with Crippen LogP contribution in [0.5, 0.6) is 0 Å². The summed E-state index contributed by atoms with van der Waals surface area (Å²) in [5.74, 6) is -2.32. The standard InChI is InChI=1S/C14H10F6N4O2/c15-13(16,17)7-1-3-8(4-2-7)22-10-5-9(14(18,19)20)23-12(24-10)21-6-11(25)26/h1-5H,6H2,(H,25,26)(H2,21,22,23,24). The highest BCUT2D eigenvalue weighted by atomic mass is 19.4. The molecule has 26 heavy (non-hydrogen) atoms. The molecule has 6 nitrogen and oxygen atoms in total. The van der Waals surface area contributed by atoms with Crippen molar-refractivity contribution in [1.82, 2.24) is 9.97 Å². The van der Waals surface area contributed by atoms with E-state index < -0.39 is 42.1 Å². The number of aliphatic carboxylic acids is 1. The summed E-state index contributed by atoms with van der Waals surface area (Å²) in [4.78, 5) is 17.3. The monoisotopic (exact) mass is 380 g/mol. The maximum atomic E-state index is 12.9. The zero-order valence-corrected chi connectivity index (χ0v) is 12.6. The Labute approximate surface area is 141 Å². The van der Waals surface area contributed by atoms with E-state index in [1.54, 1.807) is 0 Å². The third kappa shape index (κ3) is 5.22. The summed E-state index contributed by atoms with van der Waals surface area (Å²) in [6, 6.07) is 4.07. The van der Waals surface area contributed by atoms with Gasteiger partial charge in [0, 0.05) is 11.8 Å². The first kappa shape index (κ1) is 19.3. The van der Waals surface area contributed by atoms with Crippen LogP contribution in [0.15, 0.2) is 30.3 Å². The smallest absolute Gasteiger partial charge is 0.433 e. The van der Waals surface area contributed by atoms with Gasteiger partial charge >= 0.3 is 18.3 Å². The van der Waals surface area contributed by atoms with Crippen LogP contribution < -0.4 is 10.6 Å². The number of benzene rings is 1. The predicted molar refractivity (Wildman–Crippen MR) is 77.9 cm³/mol. The molecule has 0 aliphatic heterocycles. The predicted octanol–water partition coefficient (Wildman–Crippen LogP) is 3.75. The molecular formula is C14H10F6N4O2. The zero-order chi connectivity index (χ0) is 19.5. The number of carbonyl (C=O) groups is 1. The van der Waals surface area contributed by atoms with E-state index in [2.05, 4.69) is 20.6 Å². The van der Waals surface area contributed by atoms with Gasteiger partial charge in [0.05, 0.1) is 5.56 Å². The fourth-order valence-corrected chi connectivity index (χ4v) is 1.78. The van der Waals surface area contributed by atoms with Crippen LogP contribution in [0.3, 0.4) is 0 Å². The van der Waals surface area contributed by atoms with Gasteiger partial charge in [-0.25, -0.2) is 4.98 Å². The van der Waals surface area contributed by atoms with E-state index in [9.17, 15) is 31.1 Å². The molecule has 2 rings (SSSR count). The van der Waals surface area contributed by atoms with Gasteiger partial charge in [-0.1, -0.05) is 0 Å². The number of carboxylic acids is 1. The Morgan fingerprint density at radius 2 is 1.62 bits per heavy atom. The van der Waals surface area contributed by atoms with Gasteiger partial charge in [-0.2, -0.15) is 31.3 Å². The van der Waals surface area contributed by atoms with Crippen LogP contribution in [-0.4, -0.2) is 27.6 Å². The van der Waals surface area contributed by atoms with Crippen molar-refractivity contribution in [1.29, 1.82) is 0 Å². The lowest BCUT2D eigenvalue weighted by atomic mass is 10.2. The van der Waals surface area contributed by atoms with Crippen LogP contribution in [0.1, 0.15) is 11.3 Å². The summed E-state index contributed by atoms with van der Waals surface area (Å²) in [6.07, 6.45) is -9.38. The minimum absolute atomic E-state index is 0.0500. The number of alkyl halides is 6. The maximum Gasteiger partial charge on any atom is 0.433 e. The molecule has 1 aromatic carbocycles. The summed E-state index contributed by atoms with van der Waals surface area (Å²) in [5, 5.41) is 13.1. The van der Waals surface area contributed by atoms with Crippen molar-refractivity contribution in [2.45, 2.75) is 12.4 Å². The van der Waals surface area contributed by atoms with E-state index in [0.717, 1.165) is 24.3 Å². The molecule has 0 radical (unpaired) electrons. The number of hydrogen-bond donors (Lipinski definition) is 3. The van der Waals surface area contributed by atoms with Gasteiger partial charge in [-0.05, 0) is 24.3 Å². The highest BCUT2D eigenvalue weighted by molar-refractivity contribution is 5.72. The van der Waals surface area contributed by atoms with E-state index in [1.165, 1.54) is 0 Å². The molecule has 0 fully saturated rings. The van der Waals surface area contributed by atoms with Crippen molar-refractivity contribution in [3.05, 3.63) is 41.6 Å². The van der Waals surface area contributed by atoms with Gasteiger partial charge in [-0.15, -0.1) is 0 Å². The molecule has 0 amide bonds. The highest BCUT2D eigenvalue weighted by Crippen LogP contribution is 2.32. The number of hydrogen-bond acceptors (Lipinski definition) is 5. The normalized spacial score (nSPS) is 11.9. The van der Waals surface area contributed by atoms with Crippen molar-refractivity contribution in [2.75, 3.05) is 17.2 Å². The van der Waals surface area contributed by atoms with Crippen LogP contribution in [0.25, 0.3) is 0 Å². The van der Waals surface area contributed by atoms with Crippen molar-refractivity contribution >= 4 is 23.4 Å². The maximum absolute atomic E-state index is 12.9. The van der Waals surface area contributed by atoms with E-state index in [-0.39, 0.29) is 11.5 Å². The molecule has 1 heterocycles. The molecule has 0 spiro atoms. The second-order valence-corrected chi connectivity index (χ2v) is 4.91. The van der Waals surface area contributed by atoms with Gasteiger partial charge in [-0.3, -0.25) is 4.79 Å². The summed E-state index contributed by atoms with van der Waals surface area (Å²) in [5.41, 5.74) is -2.23. The van der Waals surface area contributed by atoms with E-state index >= 15 is 0 Å². The Kier molecular flexibility index (Phi) is 5.23. The fourth-order valence-electron chi connectivity index (χ4n) is 1.78. The van der Waals surface area contributed by atoms with Crippen molar-refractivity contribution < 1.29 is 36.2 Å². The first-order valence-corrected chi connectivity index (χ1v) is 6.81. The molecule has 0 bridgehead atoms. The third-order valence-electron chi connectivity index (χ3n) is 2.90. The van der Waals surface area contributed by atoms with Gasteiger partial charge < -0.3 is 15.7 Å². The summed E-state index contributed by atoms with van der Waals surface area (Å²) < 4.78 is 76.2. The first-order valence-electron chi connectivity index (χ1n) is 6.81. The minimum Gasteiger partial charge on any atom is -0.480 e. The number of carboxylic acid groups (broad SMARTS) is 1. The van der Waals surface area contributed by atoms with Crippen LogP contribution in [-0.2, 0) is 17.1 Å². The average Bonchev–Trinajstić information content (AvgIpc) is 2.51. The molecule has 0 saturated heterocycles. The Morgan fingerprint density at radius 3 is 2.12 bits per heavy atom. The molecule has 12 heteroatoms. The lowest BCUT2D eigenvalue weighted by Crippen LogP contribution is -2.17. The number of nitrogens with zero attached hydrogens (tertiary/aromatic N) is 2. The summed E-state index contributed by atoms with van der Waals surface area (Å²) in [6.45, 7) is -0.721. The Hall–Kier alpha value is -3.05. The number of nitrogens with one attached hydrogen (secondary N) is 2. The fraction of sp³-hybridized carbons (Fsp3) is 0.214. The molecule has 0 unspecified atom stereocenters. The van der Waals surface area contributed by atoms with Crippen molar-refractivity contribution in [2.24, 2.45) is 0 Å². The molecular weight excluding hydrogens is 370 g/mol. The zero-order valence-electron chi connectivity index (χ0n) is 12.6. The minimum atomic E-state index is -4.83. The largest absolute Gasteiger partial charge is 0.480 e. The van der Waals surface area contributed by atoms with Crippen LogP contribution >= 0.6 is 0 Å². The Balaban J connectivity index is 2.29. The molecule has 0 aliphatic rings. The van der Waals surface area contributed by atoms with E-state index in [0.29, 0.717) is 6.07 Å². The quantitative estimate of drug-likeness (QED) is 0.685. The van der Waals surface area contributed by atoms with Crippen LogP contribution in [0, 0.1) is 0 Å². The number of rotatable bonds is 5. The second-order valence-electron chi connectivity index (χ2n) is 4.91. The molecule has 0 atom stereocenters. The molecule has 1 aromatic heterocycles. The van der Waals surface area contributed by atoms with Gasteiger partial charge in [0.2, 0.25) is 5.95 Å². The third-order valence-corrected chi connectivity index (χ3v) is 2.90. The van der Waals surface area contributed by atoms with Crippen LogP contribution in [0.4, 0.5) is 43.8 Å². The Bertz CT molecular complexity index is 790. The number of halogens is 6. The van der Waals surface area contributed by atoms with Crippen molar-refractivity contribution in [3.8, 4) is 0 Å². The van der Waals surface area contributed by atoms with E-state index in [1.807, 2.05) is 0 Å². The van der Waals surface area contributed by atoms with Crippen molar-refractivity contribution in [3.63, 3.8) is 0 Å². The lowest BCUT2D eigenvalue weighted by Gasteiger charge is -2.13. The number of aromatic nitrogens is 2. The van der Waals surface area contributed by atoms with Gasteiger partial charge in [0.15, 0.2) is 5.69 Å². The Morgan fingerprint density at radius 1 is 1.00 bits per heavy atom. The average molecular weight is 380 g/mol. The van der Waals surface area contributed by atoms with E-state index in [4.69, 9.17) is 5.11 Å². The van der Waals surface area contributed by atoms with Gasteiger partial charge in [0.1, 0.15) is 12.4 Å². The summed E-state index contributed by atoms with van der Waals surface area (Å²) in [7, 11) is 0. The molecule has 140 valence electrons. The number of anilines is 3. The molecule has 3 N–H and O–H groups in total. The topological polar surface area (TPSA) is 87.1 Å². The summed E-state index contributed by atoms with van der Waals surface area (Å²) >= 11 is 0. The van der Waals surface area contributed by atoms with Crippen LogP contribution in [0.2, 0.25) is 0 Å². The van der Waals surface area contributed by atoms with Gasteiger partial charge in [0.25, 0.3) is 0 Å². The second kappa shape index (κ2) is 7.06. The first-order chi connectivity index (χ1) is 11.9. The molecule has 0 saturated carbocycles. The molecule has 0 aliphatic carbocycles.